The van der Waals surface area contributed by atoms with Crippen molar-refractivity contribution < 1.29 is 18.0 Å². The van der Waals surface area contributed by atoms with Gasteiger partial charge in [0.2, 0.25) is 11.8 Å². The lowest BCUT2D eigenvalue weighted by molar-refractivity contribution is -0.134. The number of carbonyl (C=O) groups excluding carboxylic acids is 2. The smallest absolute Gasteiger partial charge is 0.225 e. The van der Waals surface area contributed by atoms with E-state index >= 15 is 0 Å². The number of likely N-dealkylation sites (tertiary alicyclic amines) is 1. The van der Waals surface area contributed by atoms with Crippen LogP contribution in [0.3, 0.4) is 0 Å². The van der Waals surface area contributed by atoms with Crippen molar-refractivity contribution in [3.63, 3.8) is 0 Å². The number of amides is 2. The summed E-state index contributed by atoms with van der Waals surface area (Å²) in [7, 11) is -3.47. The Kier molecular flexibility index (Phi) is 7.35. The first-order chi connectivity index (χ1) is 16.3. The molecule has 184 valence electrons. The lowest BCUT2D eigenvalue weighted by Gasteiger charge is -2.32. The molecule has 0 spiro atoms. The Hall–Kier alpha value is -2.75. The lowest BCUT2D eigenvalue weighted by Crippen LogP contribution is -2.39. The van der Waals surface area contributed by atoms with Crippen LogP contribution in [0.1, 0.15) is 50.7 Å². The number of benzene rings is 1. The van der Waals surface area contributed by atoms with Crippen LogP contribution < -0.4 is 0 Å². The van der Waals surface area contributed by atoms with E-state index in [2.05, 4.69) is 14.8 Å². The van der Waals surface area contributed by atoms with E-state index in [4.69, 9.17) is 0 Å². The highest BCUT2D eigenvalue weighted by atomic mass is 32.2. The van der Waals surface area contributed by atoms with Crippen molar-refractivity contribution >= 4 is 21.7 Å². The molecule has 1 saturated heterocycles. The van der Waals surface area contributed by atoms with Crippen molar-refractivity contribution in [3.05, 3.63) is 42.0 Å². The maximum Gasteiger partial charge on any atom is 0.225 e. The molecular formula is C24H33N5O4S. The second kappa shape index (κ2) is 10.2. The summed E-state index contributed by atoms with van der Waals surface area (Å²) in [5, 5.41) is 8.86. The summed E-state index contributed by atoms with van der Waals surface area (Å²) in [6.45, 7) is 7.00. The van der Waals surface area contributed by atoms with Gasteiger partial charge in [0.25, 0.3) is 0 Å². The molecule has 1 aromatic carbocycles. The van der Waals surface area contributed by atoms with E-state index in [0.717, 1.165) is 24.5 Å². The van der Waals surface area contributed by atoms with Crippen LogP contribution in [0.25, 0.3) is 0 Å². The van der Waals surface area contributed by atoms with Gasteiger partial charge < -0.3 is 14.4 Å². The van der Waals surface area contributed by atoms with Crippen LogP contribution in [-0.4, -0.2) is 76.7 Å². The zero-order valence-electron chi connectivity index (χ0n) is 19.9. The number of piperidine rings is 1. The van der Waals surface area contributed by atoms with E-state index in [1.807, 2.05) is 18.7 Å². The van der Waals surface area contributed by atoms with E-state index in [-0.39, 0.29) is 40.7 Å². The van der Waals surface area contributed by atoms with Crippen LogP contribution in [-0.2, 0) is 32.4 Å². The van der Waals surface area contributed by atoms with E-state index in [1.54, 1.807) is 35.2 Å². The molecule has 3 heterocycles. The molecule has 2 aliphatic heterocycles. The normalized spacial score (nSPS) is 17.5. The van der Waals surface area contributed by atoms with Gasteiger partial charge in [-0.2, -0.15) is 0 Å². The van der Waals surface area contributed by atoms with Crippen LogP contribution >= 0.6 is 0 Å². The molecule has 10 heteroatoms. The van der Waals surface area contributed by atoms with Gasteiger partial charge in [0, 0.05) is 57.4 Å². The Balaban J connectivity index is 1.31. The number of carbonyl (C=O) groups is 2. The van der Waals surface area contributed by atoms with Crippen molar-refractivity contribution in [1.29, 1.82) is 0 Å². The van der Waals surface area contributed by atoms with E-state index in [0.29, 0.717) is 39.1 Å². The first kappa shape index (κ1) is 24.4. The number of rotatable bonds is 6. The number of hydrogen-bond donors (Lipinski definition) is 0. The topological polar surface area (TPSA) is 105 Å². The SMILES string of the molecule is CC(C)C(=O)N1CCc2nnc(C3CCN(C(=O)CCS(=O)(=O)c4ccccc4)CC3)n2CC1. The third kappa shape index (κ3) is 5.32. The summed E-state index contributed by atoms with van der Waals surface area (Å²) in [5.74, 6) is 1.89. The summed E-state index contributed by atoms with van der Waals surface area (Å²) >= 11 is 0. The zero-order chi connectivity index (χ0) is 24.3. The van der Waals surface area contributed by atoms with Gasteiger partial charge in [0.05, 0.1) is 10.6 Å². The van der Waals surface area contributed by atoms with Crippen LogP contribution in [0.15, 0.2) is 35.2 Å². The fourth-order valence-electron chi connectivity index (χ4n) is 4.75. The van der Waals surface area contributed by atoms with Gasteiger partial charge in [0.15, 0.2) is 9.84 Å². The summed E-state index contributed by atoms with van der Waals surface area (Å²) in [6, 6.07) is 8.26. The summed E-state index contributed by atoms with van der Waals surface area (Å²) in [6.07, 6.45) is 2.22. The molecule has 0 N–H and O–H groups in total. The number of nitrogens with zero attached hydrogens (tertiary/aromatic N) is 5. The molecule has 0 bridgehead atoms. The molecule has 0 saturated carbocycles. The summed E-state index contributed by atoms with van der Waals surface area (Å²) in [4.78, 5) is 29.0. The van der Waals surface area contributed by atoms with Crippen molar-refractivity contribution in [2.45, 2.75) is 56.9 Å². The van der Waals surface area contributed by atoms with Gasteiger partial charge in [-0.05, 0) is 25.0 Å². The maximum atomic E-state index is 12.7. The van der Waals surface area contributed by atoms with Crippen LogP contribution in [0.2, 0.25) is 0 Å². The molecule has 0 atom stereocenters. The van der Waals surface area contributed by atoms with Crippen LogP contribution in [0, 0.1) is 5.92 Å². The molecular weight excluding hydrogens is 454 g/mol. The molecule has 1 aromatic heterocycles. The molecule has 0 aliphatic carbocycles. The molecule has 0 unspecified atom stereocenters. The molecule has 34 heavy (non-hydrogen) atoms. The van der Waals surface area contributed by atoms with Gasteiger partial charge in [0.1, 0.15) is 11.6 Å². The maximum absolute atomic E-state index is 12.7. The largest absolute Gasteiger partial charge is 0.343 e. The summed E-state index contributed by atoms with van der Waals surface area (Å²) < 4.78 is 27.1. The van der Waals surface area contributed by atoms with E-state index in [1.165, 1.54) is 0 Å². The molecule has 9 nitrogen and oxygen atoms in total. The van der Waals surface area contributed by atoms with Crippen molar-refractivity contribution in [1.82, 2.24) is 24.6 Å². The standard InChI is InChI=1S/C24H33N5O4S/c1-18(2)24(31)28-14-10-21-25-26-23(29(21)16-15-28)19-8-12-27(13-9-19)22(30)11-17-34(32,33)20-6-4-3-5-7-20/h3-7,18-19H,8-17H2,1-2H3. The minimum Gasteiger partial charge on any atom is -0.343 e. The number of fused-ring (bicyclic) bond motifs is 1. The predicted molar refractivity (Wildman–Crippen MR) is 127 cm³/mol. The molecule has 2 aromatic rings. The number of sulfone groups is 1. The third-order valence-electron chi connectivity index (χ3n) is 6.76. The zero-order valence-corrected chi connectivity index (χ0v) is 20.7. The highest BCUT2D eigenvalue weighted by molar-refractivity contribution is 7.91. The molecule has 4 rings (SSSR count). The van der Waals surface area contributed by atoms with Crippen molar-refractivity contribution in [2.75, 3.05) is 31.9 Å². The quantitative estimate of drug-likeness (QED) is 0.616. The fraction of sp³-hybridized carbons (Fsp3) is 0.583. The second-order valence-corrected chi connectivity index (χ2v) is 11.5. The molecule has 2 aliphatic rings. The van der Waals surface area contributed by atoms with Crippen LogP contribution in [0.5, 0.6) is 0 Å². The Morgan fingerprint density at radius 3 is 2.35 bits per heavy atom. The lowest BCUT2D eigenvalue weighted by atomic mass is 9.95. The molecule has 2 amide bonds. The average molecular weight is 488 g/mol. The van der Waals surface area contributed by atoms with Gasteiger partial charge in [-0.15, -0.1) is 10.2 Å². The van der Waals surface area contributed by atoms with Gasteiger partial charge >= 0.3 is 0 Å². The monoisotopic (exact) mass is 487 g/mol. The van der Waals surface area contributed by atoms with Crippen LogP contribution in [0.4, 0.5) is 0 Å². The Morgan fingerprint density at radius 2 is 1.68 bits per heavy atom. The minimum absolute atomic E-state index is 0.0120. The summed E-state index contributed by atoms with van der Waals surface area (Å²) in [5.41, 5.74) is 0. The first-order valence-corrected chi connectivity index (χ1v) is 13.7. The Bertz CT molecular complexity index is 1120. The first-order valence-electron chi connectivity index (χ1n) is 12.0. The predicted octanol–water partition coefficient (Wildman–Crippen LogP) is 1.89. The second-order valence-electron chi connectivity index (χ2n) is 9.39. The van der Waals surface area contributed by atoms with Gasteiger partial charge in [-0.25, -0.2) is 8.42 Å². The molecule has 0 radical (unpaired) electrons. The van der Waals surface area contributed by atoms with Gasteiger partial charge in [-0.3, -0.25) is 9.59 Å². The van der Waals surface area contributed by atoms with E-state index in [9.17, 15) is 18.0 Å². The Labute approximate surface area is 201 Å². The minimum atomic E-state index is -3.47. The molecule has 1 fully saturated rings. The van der Waals surface area contributed by atoms with Crippen molar-refractivity contribution in [3.8, 4) is 0 Å². The van der Waals surface area contributed by atoms with Crippen molar-refractivity contribution in [2.24, 2.45) is 5.92 Å². The van der Waals surface area contributed by atoms with Gasteiger partial charge in [-0.1, -0.05) is 32.0 Å². The Morgan fingerprint density at radius 1 is 0.971 bits per heavy atom. The fourth-order valence-corrected chi connectivity index (χ4v) is 6.00. The number of aromatic nitrogens is 3. The third-order valence-corrected chi connectivity index (χ3v) is 8.49. The number of hydrogen-bond acceptors (Lipinski definition) is 6. The highest BCUT2D eigenvalue weighted by Crippen LogP contribution is 2.28. The average Bonchev–Trinajstić information content (AvgIpc) is 3.14. The highest BCUT2D eigenvalue weighted by Gasteiger charge is 2.30. The van der Waals surface area contributed by atoms with E-state index < -0.39 is 9.84 Å².